The van der Waals surface area contributed by atoms with Crippen molar-refractivity contribution >= 4 is 12.0 Å². The summed E-state index contributed by atoms with van der Waals surface area (Å²) in [5.41, 5.74) is 0.912. The van der Waals surface area contributed by atoms with Gasteiger partial charge < -0.3 is 14.2 Å². The number of ether oxygens (including phenoxy) is 3. The van der Waals surface area contributed by atoms with Crippen LogP contribution in [0.2, 0.25) is 0 Å². The predicted molar refractivity (Wildman–Crippen MR) is 69.8 cm³/mol. The summed E-state index contributed by atoms with van der Waals surface area (Å²) in [5.74, 6) is 1.19. The molecular weight excluding hydrogens is 232 g/mol. The van der Waals surface area contributed by atoms with Gasteiger partial charge in [0.05, 0.1) is 27.2 Å². The van der Waals surface area contributed by atoms with Crippen LogP contribution in [0.1, 0.15) is 18.9 Å². The second-order valence-corrected chi connectivity index (χ2v) is 3.56. The molecule has 1 rings (SSSR count). The lowest BCUT2D eigenvalue weighted by Gasteiger charge is -2.05. The van der Waals surface area contributed by atoms with Crippen molar-refractivity contribution in [3.63, 3.8) is 0 Å². The zero-order chi connectivity index (χ0) is 13.4. The molecule has 0 heterocycles. The minimum atomic E-state index is -0.233. The molecule has 0 amide bonds. The number of hydrogen-bond donors (Lipinski definition) is 0. The molecule has 1 aromatic carbocycles. The van der Waals surface area contributed by atoms with Crippen molar-refractivity contribution in [2.75, 3.05) is 20.8 Å². The maximum atomic E-state index is 11.2. The maximum absolute atomic E-state index is 11.2. The standard InChI is InChI=1S/C14H18O4/c1-4-18-14(15)7-5-6-11-8-12(16-2)10-13(9-11)17-3/h5-6,8-10H,4,7H2,1-3H3. The number of methoxy groups -OCH3 is 2. The van der Waals surface area contributed by atoms with Crippen molar-refractivity contribution in [3.8, 4) is 11.5 Å². The highest BCUT2D eigenvalue weighted by Crippen LogP contribution is 2.23. The van der Waals surface area contributed by atoms with E-state index in [0.29, 0.717) is 18.1 Å². The molecule has 4 nitrogen and oxygen atoms in total. The molecule has 0 fully saturated rings. The van der Waals surface area contributed by atoms with E-state index in [1.807, 2.05) is 18.2 Å². The van der Waals surface area contributed by atoms with Crippen molar-refractivity contribution in [2.24, 2.45) is 0 Å². The Morgan fingerprint density at radius 1 is 1.17 bits per heavy atom. The SMILES string of the molecule is CCOC(=O)CC=Cc1cc(OC)cc(OC)c1. The molecule has 0 aliphatic rings. The summed E-state index contributed by atoms with van der Waals surface area (Å²) in [6.45, 7) is 2.19. The zero-order valence-electron chi connectivity index (χ0n) is 10.9. The van der Waals surface area contributed by atoms with Crippen LogP contribution in [0.5, 0.6) is 11.5 Å². The zero-order valence-corrected chi connectivity index (χ0v) is 10.9. The Morgan fingerprint density at radius 2 is 1.78 bits per heavy atom. The lowest BCUT2D eigenvalue weighted by atomic mass is 10.1. The molecule has 0 unspecified atom stereocenters. The molecule has 0 bridgehead atoms. The van der Waals surface area contributed by atoms with E-state index in [1.165, 1.54) is 0 Å². The molecule has 0 radical (unpaired) electrons. The monoisotopic (exact) mass is 250 g/mol. The van der Waals surface area contributed by atoms with Gasteiger partial charge in [0.15, 0.2) is 0 Å². The highest BCUT2D eigenvalue weighted by atomic mass is 16.5. The summed E-state index contributed by atoms with van der Waals surface area (Å²) in [6, 6.07) is 5.52. The molecule has 0 spiro atoms. The summed E-state index contributed by atoms with van der Waals surface area (Å²) in [7, 11) is 3.20. The fourth-order valence-corrected chi connectivity index (χ4v) is 1.44. The van der Waals surface area contributed by atoms with E-state index in [2.05, 4.69) is 0 Å². The van der Waals surface area contributed by atoms with Crippen LogP contribution in [0.25, 0.3) is 6.08 Å². The molecule has 0 aliphatic carbocycles. The first-order valence-corrected chi connectivity index (χ1v) is 5.74. The fraction of sp³-hybridized carbons (Fsp3) is 0.357. The highest BCUT2D eigenvalue weighted by molar-refractivity contribution is 5.72. The molecule has 98 valence electrons. The molecule has 0 saturated heterocycles. The Bertz CT molecular complexity index is 402. The summed E-state index contributed by atoms with van der Waals surface area (Å²) in [5, 5.41) is 0. The Labute approximate surface area is 107 Å². The first-order chi connectivity index (χ1) is 8.69. The first kappa shape index (κ1) is 14.1. The second-order valence-electron chi connectivity index (χ2n) is 3.56. The maximum Gasteiger partial charge on any atom is 0.309 e. The number of carbonyl (C=O) groups excluding carboxylic acids is 1. The minimum Gasteiger partial charge on any atom is -0.497 e. The van der Waals surface area contributed by atoms with Crippen molar-refractivity contribution in [3.05, 3.63) is 29.8 Å². The van der Waals surface area contributed by atoms with Gasteiger partial charge in [-0.3, -0.25) is 4.79 Å². The number of hydrogen-bond acceptors (Lipinski definition) is 4. The van der Waals surface area contributed by atoms with Gasteiger partial charge in [-0.15, -0.1) is 0 Å². The van der Waals surface area contributed by atoms with E-state index in [1.54, 1.807) is 33.3 Å². The highest BCUT2D eigenvalue weighted by Gasteiger charge is 2.00. The van der Waals surface area contributed by atoms with Crippen LogP contribution < -0.4 is 9.47 Å². The van der Waals surface area contributed by atoms with Crippen molar-refractivity contribution in [2.45, 2.75) is 13.3 Å². The predicted octanol–water partition coefficient (Wildman–Crippen LogP) is 2.67. The quantitative estimate of drug-likeness (QED) is 0.728. The van der Waals surface area contributed by atoms with Gasteiger partial charge in [-0.1, -0.05) is 12.2 Å². The summed E-state index contributed by atoms with van der Waals surface area (Å²) >= 11 is 0. The third-order valence-corrected chi connectivity index (χ3v) is 2.27. The second kappa shape index (κ2) is 7.37. The van der Waals surface area contributed by atoms with Gasteiger partial charge in [0, 0.05) is 6.07 Å². The van der Waals surface area contributed by atoms with E-state index in [-0.39, 0.29) is 12.4 Å². The van der Waals surface area contributed by atoms with E-state index in [0.717, 1.165) is 5.56 Å². The van der Waals surface area contributed by atoms with Crippen molar-refractivity contribution in [1.82, 2.24) is 0 Å². The number of benzene rings is 1. The van der Waals surface area contributed by atoms with E-state index < -0.39 is 0 Å². The molecule has 4 heteroatoms. The summed E-state index contributed by atoms with van der Waals surface area (Å²) in [4.78, 5) is 11.2. The van der Waals surface area contributed by atoms with E-state index in [4.69, 9.17) is 14.2 Å². The molecule has 0 atom stereocenters. The topological polar surface area (TPSA) is 44.8 Å². The van der Waals surface area contributed by atoms with Crippen LogP contribution in [-0.4, -0.2) is 26.8 Å². The minimum absolute atomic E-state index is 0.233. The normalized spacial score (nSPS) is 10.4. The number of esters is 1. The van der Waals surface area contributed by atoms with Gasteiger partial charge in [0.1, 0.15) is 11.5 Å². The fourth-order valence-electron chi connectivity index (χ4n) is 1.44. The third kappa shape index (κ3) is 4.49. The Hall–Kier alpha value is -1.97. The Balaban J connectivity index is 2.71. The van der Waals surface area contributed by atoms with Crippen LogP contribution in [0.3, 0.4) is 0 Å². The van der Waals surface area contributed by atoms with Gasteiger partial charge in [-0.2, -0.15) is 0 Å². The molecule has 0 N–H and O–H groups in total. The smallest absolute Gasteiger partial charge is 0.309 e. The third-order valence-electron chi connectivity index (χ3n) is 2.27. The number of rotatable bonds is 6. The van der Waals surface area contributed by atoms with Gasteiger partial charge in [-0.25, -0.2) is 0 Å². The summed E-state index contributed by atoms with van der Waals surface area (Å²) in [6.07, 6.45) is 3.85. The average Bonchev–Trinajstić information content (AvgIpc) is 2.38. The van der Waals surface area contributed by atoms with Crippen LogP contribution >= 0.6 is 0 Å². The summed E-state index contributed by atoms with van der Waals surface area (Å²) < 4.78 is 15.1. The van der Waals surface area contributed by atoms with Crippen LogP contribution in [-0.2, 0) is 9.53 Å². The van der Waals surface area contributed by atoms with Gasteiger partial charge in [0.25, 0.3) is 0 Å². The lowest BCUT2D eigenvalue weighted by molar-refractivity contribution is -0.142. The molecule has 1 aromatic rings. The van der Waals surface area contributed by atoms with Crippen LogP contribution in [0, 0.1) is 0 Å². The first-order valence-electron chi connectivity index (χ1n) is 5.74. The Kier molecular flexibility index (Phi) is 5.77. The van der Waals surface area contributed by atoms with E-state index in [9.17, 15) is 4.79 Å². The van der Waals surface area contributed by atoms with Crippen LogP contribution in [0.4, 0.5) is 0 Å². The molecule has 0 aromatic heterocycles. The van der Waals surface area contributed by atoms with Gasteiger partial charge >= 0.3 is 5.97 Å². The van der Waals surface area contributed by atoms with Crippen molar-refractivity contribution < 1.29 is 19.0 Å². The Morgan fingerprint density at radius 3 is 2.28 bits per heavy atom. The number of carbonyl (C=O) groups is 1. The van der Waals surface area contributed by atoms with Crippen LogP contribution in [0.15, 0.2) is 24.3 Å². The van der Waals surface area contributed by atoms with Gasteiger partial charge in [0.2, 0.25) is 0 Å². The van der Waals surface area contributed by atoms with Gasteiger partial charge in [-0.05, 0) is 24.6 Å². The molecule has 0 aliphatic heterocycles. The largest absolute Gasteiger partial charge is 0.497 e. The van der Waals surface area contributed by atoms with E-state index >= 15 is 0 Å². The lowest BCUT2D eigenvalue weighted by Crippen LogP contribution is -2.01. The molecule has 18 heavy (non-hydrogen) atoms. The van der Waals surface area contributed by atoms with Crippen molar-refractivity contribution in [1.29, 1.82) is 0 Å². The average molecular weight is 250 g/mol. The molecular formula is C14H18O4. The molecule has 0 saturated carbocycles.